The van der Waals surface area contributed by atoms with Gasteiger partial charge in [0, 0.05) is 24.0 Å². The summed E-state index contributed by atoms with van der Waals surface area (Å²) < 4.78 is 17.1. The molecule has 4 heteroatoms. The molecule has 1 aromatic carbocycles. The predicted molar refractivity (Wildman–Crippen MR) is 104 cm³/mol. The van der Waals surface area contributed by atoms with E-state index in [0.717, 1.165) is 43.6 Å². The molecule has 0 N–H and O–H groups in total. The van der Waals surface area contributed by atoms with Gasteiger partial charge in [0.1, 0.15) is 17.6 Å². The molecule has 0 radical (unpaired) electrons. The normalized spacial score (nSPS) is 37.0. The molecule has 0 aliphatic heterocycles. The van der Waals surface area contributed by atoms with Gasteiger partial charge in [0.15, 0.2) is 0 Å². The van der Waals surface area contributed by atoms with Crippen LogP contribution in [0, 0.1) is 23.2 Å². The molecule has 2 fully saturated rings. The highest BCUT2D eigenvalue weighted by molar-refractivity contribution is 5.66. The number of fused-ring (bicyclic) bond motifs is 5. The van der Waals surface area contributed by atoms with E-state index in [-0.39, 0.29) is 17.5 Å². The number of carbonyl (C=O) groups excluding carboxylic acids is 1. The molecular weight excluding hydrogens is 340 g/mol. The first-order valence-corrected chi connectivity index (χ1v) is 10.3. The Labute approximate surface area is 162 Å². The Bertz CT molecular complexity index is 742. The third-order valence-electron chi connectivity index (χ3n) is 7.78. The molecule has 0 spiro atoms. The molecule has 3 aliphatic rings. The van der Waals surface area contributed by atoms with Crippen molar-refractivity contribution in [1.82, 2.24) is 0 Å². The first kappa shape index (κ1) is 18.6. The highest BCUT2D eigenvalue weighted by Gasteiger charge is 2.57. The van der Waals surface area contributed by atoms with Crippen LogP contribution < -0.4 is 9.47 Å². The van der Waals surface area contributed by atoms with Crippen LogP contribution in [0.15, 0.2) is 12.1 Å². The largest absolute Gasteiger partial charge is 0.497 e. The van der Waals surface area contributed by atoms with Gasteiger partial charge in [-0.2, -0.15) is 0 Å². The van der Waals surface area contributed by atoms with Crippen molar-refractivity contribution in [1.29, 1.82) is 0 Å². The van der Waals surface area contributed by atoms with Crippen LogP contribution in [-0.2, 0) is 16.0 Å². The number of esters is 1. The molecule has 1 aromatic rings. The summed E-state index contributed by atoms with van der Waals surface area (Å²) in [7, 11) is 3.48. The van der Waals surface area contributed by atoms with Crippen LogP contribution in [-0.4, -0.2) is 26.3 Å². The third-order valence-corrected chi connectivity index (χ3v) is 7.78. The number of ether oxygens (including phenoxy) is 3. The zero-order chi connectivity index (χ0) is 19.3. The Balaban J connectivity index is 1.72. The van der Waals surface area contributed by atoms with Gasteiger partial charge in [-0.3, -0.25) is 4.79 Å². The number of benzene rings is 1. The molecule has 0 amide bonds. The highest BCUT2D eigenvalue weighted by Crippen LogP contribution is 2.63. The van der Waals surface area contributed by atoms with Gasteiger partial charge >= 0.3 is 5.97 Å². The lowest BCUT2D eigenvalue weighted by molar-refractivity contribution is -0.155. The summed E-state index contributed by atoms with van der Waals surface area (Å²) >= 11 is 0. The van der Waals surface area contributed by atoms with Crippen LogP contribution in [0.4, 0.5) is 0 Å². The second-order valence-electron chi connectivity index (χ2n) is 9.09. The molecular formula is C23H32O4. The van der Waals surface area contributed by atoms with Crippen molar-refractivity contribution < 1.29 is 19.0 Å². The SMILES string of the molecule is COc1cc2c(c(OC)c1)[C@H]1CC[C@]3(C)[C@@H](OC(C)=O)CC[C@H]3[C@@H]1[C@H](C)C2. The summed E-state index contributed by atoms with van der Waals surface area (Å²) in [6.45, 7) is 6.31. The monoisotopic (exact) mass is 372 g/mol. The zero-order valence-corrected chi connectivity index (χ0v) is 17.2. The average Bonchev–Trinajstić information content (AvgIpc) is 2.96. The van der Waals surface area contributed by atoms with E-state index in [0.29, 0.717) is 23.7 Å². The van der Waals surface area contributed by atoms with Gasteiger partial charge < -0.3 is 14.2 Å². The second kappa shape index (κ2) is 6.72. The summed E-state index contributed by atoms with van der Waals surface area (Å²) in [5.74, 6) is 4.09. The van der Waals surface area contributed by atoms with Gasteiger partial charge in [0.25, 0.3) is 0 Å². The van der Waals surface area contributed by atoms with Crippen LogP contribution in [0.2, 0.25) is 0 Å². The van der Waals surface area contributed by atoms with Crippen LogP contribution in [0.25, 0.3) is 0 Å². The topological polar surface area (TPSA) is 44.8 Å². The van der Waals surface area contributed by atoms with Gasteiger partial charge in [-0.15, -0.1) is 0 Å². The molecule has 2 saturated carbocycles. The van der Waals surface area contributed by atoms with E-state index in [1.165, 1.54) is 11.1 Å². The molecule has 27 heavy (non-hydrogen) atoms. The number of hydrogen-bond donors (Lipinski definition) is 0. The van der Waals surface area contributed by atoms with Gasteiger partial charge in [-0.1, -0.05) is 13.8 Å². The van der Waals surface area contributed by atoms with Gasteiger partial charge in [0.2, 0.25) is 0 Å². The molecule has 4 nitrogen and oxygen atoms in total. The van der Waals surface area contributed by atoms with Crippen molar-refractivity contribution in [3.05, 3.63) is 23.3 Å². The minimum absolute atomic E-state index is 0.0762. The average molecular weight is 373 g/mol. The summed E-state index contributed by atoms with van der Waals surface area (Å²) in [6, 6.07) is 4.24. The van der Waals surface area contributed by atoms with E-state index < -0.39 is 0 Å². The molecule has 0 saturated heterocycles. The van der Waals surface area contributed by atoms with E-state index in [1.807, 2.05) is 6.07 Å². The lowest BCUT2D eigenvalue weighted by Crippen LogP contribution is -2.47. The van der Waals surface area contributed by atoms with Crippen molar-refractivity contribution >= 4 is 5.97 Å². The molecule has 3 aliphatic carbocycles. The van der Waals surface area contributed by atoms with Crippen LogP contribution in [0.5, 0.6) is 11.5 Å². The number of methoxy groups -OCH3 is 2. The maximum Gasteiger partial charge on any atom is 0.302 e. The number of rotatable bonds is 3. The van der Waals surface area contributed by atoms with E-state index in [4.69, 9.17) is 14.2 Å². The standard InChI is InChI=1S/C23H32O4/c1-13-10-15-11-16(25-4)12-19(26-5)22(15)17-8-9-23(3)18(21(13)17)6-7-20(23)27-14(2)24/h11-13,17-18,20-21H,6-10H2,1-5H3/t13-,17+,18+,20+,21-,23+/m1/s1. The fourth-order valence-electron chi connectivity index (χ4n) is 6.69. The van der Waals surface area contributed by atoms with Crippen molar-refractivity contribution in [2.45, 2.75) is 64.9 Å². The van der Waals surface area contributed by atoms with Crippen LogP contribution >= 0.6 is 0 Å². The Hall–Kier alpha value is -1.71. The maximum atomic E-state index is 11.6. The van der Waals surface area contributed by atoms with E-state index in [2.05, 4.69) is 19.9 Å². The van der Waals surface area contributed by atoms with Crippen LogP contribution in [0.3, 0.4) is 0 Å². The van der Waals surface area contributed by atoms with E-state index in [9.17, 15) is 4.79 Å². The third kappa shape index (κ3) is 2.83. The van der Waals surface area contributed by atoms with Crippen molar-refractivity contribution in [2.24, 2.45) is 23.2 Å². The maximum absolute atomic E-state index is 11.6. The second-order valence-corrected chi connectivity index (χ2v) is 9.09. The van der Waals surface area contributed by atoms with E-state index in [1.54, 1.807) is 21.1 Å². The van der Waals surface area contributed by atoms with Gasteiger partial charge in [0.05, 0.1) is 14.2 Å². The molecule has 0 heterocycles. The fraction of sp³-hybridized carbons (Fsp3) is 0.696. The van der Waals surface area contributed by atoms with Crippen molar-refractivity contribution in [3.63, 3.8) is 0 Å². The molecule has 0 bridgehead atoms. The lowest BCUT2D eigenvalue weighted by Gasteiger charge is -2.52. The summed E-state index contributed by atoms with van der Waals surface area (Å²) in [5, 5.41) is 0. The first-order chi connectivity index (χ1) is 12.9. The van der Waals surface area contributed by atoms with Crippen molar-refractivity contribution in [2.75, 3.05) is 14.2 Å². The highest BCUT2D eigenvalue weighted by atomic mass is 16.5. The quantitative estimate of drug-likeness (QED) is 0.719. The number of carbonyl (C=O) groups is 1. The molecule has 148 valence electrons. The van der Waals surface area contributed by atoms with Gasteiger partial charge in [-0.25, -0.2) is 0 Å². The lowest BCUT2D eigenvalue weighted by atomic mass is 9.52. The Morgan fingerprint density at radius 3 is 2.59 bits per heavy atom. The predicted octanol–water partition coefficient (Wildman–Crippen LogP) is 4.74. The minimum atomic E-state index is -0.139. The van der Waals surface area contributed by atoms with E-state index >= 15 is 0 Å². The molecule has 4 rings (SSSR count). The zero-order valence-electron chi connectivity index (χ0n) is 17.2. The Morgan fingerprint density at radius 1 is 1.15 bits per heavy atom. The van der Waals surface area contributed by atoms with Crippen molar-refractivity contribution in [3.8, 4) is 11.5 Å². The summed E-state index contributed by atoms with van der Waals surface area (Å²) in [6.07, 6.45) is 5.55. The fourth-order valence-corrected chi connectivity index (χ4v) is 6.69. The molecule has 6 atom stereocenters. The molecule has 0 unspecified atom stereocenters. The number of hydrogen-bond acceptors (Lipinski definition) is 4. The van der Waals surface area contributed by atoms with Gasteiger partial charge in [-0.05, 0) is 67.4 Å². The first-order valence-electron chi connectivity index (χ1n) is 10.3. The Kier molecular flexibility index (Phi) is 4.64. The summed E-state index contributed by atoms with van der Waals surface area (Å²) in [4.78, 5) is 11.6. The smallest absolute Gasteiger partial charge is 0.302 e. The Morgan fingerprint density at radius 2 is 1.93 bits per heavy atom. The molecule has 0 aromatic heterocycles. The van der Waals surface area contributed by atoms with Crippen LogP contribution in [0.1, 0.15) is 63.5 Å². The minimum Gasteiger partial charge on any atom is -0.497 e. The summed E-state index contributed by atoms with van der Waals surface area (Å²) in [5.41, 5.74) is 2.90.